The predicted octanol–water partition coefficient (Wildman–Crippen LogP) is 1.04. The van der Waals surface area contributed by atoms with Crippen LogP contribution in [0, 0.1) is 0 Å². The van der Waals surface area contributed by atoms with Gasteiger partial charge in [0.05, 0.1) is 5.54 Å². The van der Waals surface area contributed by atoms with Crippen molar-refractivity contribution in [3.05, 3.63) is 0 Å². The van der Waals surface area contributed by atoms with Crippen LogP contribution in [-0.2, 0) is 4.79 Å². The van der Waals surface area contributed by atoms with Crippen molar-refractivity contribution in [2.75, 3.05) is 7.05 Å². The molecule has 1 aliphatic carbocycles. The van der Waals surface area contributed by atoms with Crippen LogP contribution < -0.4 is 10.6 Å². The summed E-state index contributed by atoms with van der Waals surface area (Å²) in [5, 5.41) is 6.07. The zero-order valence-corrected chi connectivity index (χ0v) is 8.81. The normalized spacial score (nSPS) is 19.0. The molecular formula is C10H20N2O. The summed E-state index contributed by atoms with van der Waals surface area (Å²) in [6.07, 6.45) is 4.80. The van der Waals surface area contributed by atoms with Gasteiger partial charge in [-0.05, 0) is 33.7 Å². The third-order valence-electron chi connectivity index (χ3n) is 2.88. The van der Waals surface area contributed by atoms with Crippen molar-refractivity contribution in [2.24, 2.45) is 0 Å². The monoisotopic (exact) mass is 184 g/mol. The highest BCUT2D eigenvalue weighted by atomic mass is 16.2. The second-order valence-corrected chi connectivity index (χ2v) is 4.33. The molecule has 0 unspecified atom stereocenters. The smallest absolute Gasteiger partial charge is 0.239 e. The van der Waals surface area contributed by atoms with Crippen LogP contribution in [0.15, 0.2) is 0 Å². The summed E-state index contributed by atoms with van der Waals surface area (Å²) < 4.78 is 0. The molecular weight excluding hydrogens is 164 g/mol. The first kappa shape index (κ1) is 10.5. The molecule has 1 rings (SSSR count). The topological polar surface area (TPSA) is 41.1 Å². The summed E-state index contributed by atoms with van der Waals surface area (Å²) in [5.41, 5.74) is -0.442. The van der Waals surface area contributed by atoms with Crippen molar-refractivity contribution in [1.82, 2.24) is 10.6 Å². The van der Waals surface area contributed by atoms with E-state index in [9.17, 15) is 4.79 Å². The third-order valence-corrected chi connectivity index (χ3v) is 2.88. The highest BCUT2D eigenvalue weighted by Crippen LogP contribution is 2.18. The molecule has 2 N–H and O–H groups in total. The summed E-state index contributed by atoms with van der Waals surface area (Å²) in [7, 11) is 1.81. The average Bonchev–Trinajstić information content (AvgIpc) is 2.57. The zero-order valence-electron chi connectivity index (χ0n) is 8.81. The summed E-state index contributed by atoms with van der Waals surface area (Å²) in [4.78, 5) is 11.7. The third kappa shape index (κ3) is 2.69. The van der Waals surface area contributed by atoms with E-state index in [1.54, 1.807) is 0 Å². The highest BCUT2D eigenvalue weighted by molar-refractivity contribution is 5.85. The van der Waals surface area contributed by atoms with Crippen LogP contribution in [0.4, 0.5) is 0 Å². The minimum atomic E-state index is -0.442. The van der Waals surface area contributed by atoms with Crippen molar-refractivity contribution in [3.8, 4) is 0 Å². The van der Waals surface area contributed by atoms with Crippen LogP contribution in [0.1, 0.15) is 39.5 Å². The molecule has 1 saturated carbocycles. The first-order valence-electron chi connectivity index (χ1n) is 5.06. The maximum absolute atomic E-state index is 11.7. The van der Waals surface area contributed by atoms with Gasteiger partial charge in [0, 0.05) is 6.04 Å². The van der Waals surface area contributed by atoms with E-state index >= 15 is 0 Å². The Bertz CT molecular complexity index is 183. The van der Waals surface area contributed by atoms with Crippen molar-refractivity contribution in [2.45, 2.75) is 51.1 Å². The quantitative estimate of drug-likeness (QED) is 0.688. The number of rotatable bonds is 3. The minimum Gasteiger partial charge on any atom is -0.352 e. The minimum absolute atomic E-state index is 0.113. The van der Waals surface area contributed by atoms with Gasteiger partial charge in [-0.3, -0.25) is 4.79 Å². The maximum Gasteiger partial charge on any atom is 0.239 e. The van der Waals surface area contributed by atoms with Crippen LogP contribution in [0.5, 0.6) is 0 Å². The Labute approximate surface area is 80.3 Å². The molecule has 3 nitrogen and oxygen atoms in total. The molecule has 3 heteroatoms. The highest BCUT2D eigenvalue weighted by Gasteiger charge is 2.28. The van der Waals surface area contributed by atoms with E-state index in [-0.39, 0.29) is 5.91 Å². The number of amides is 1. The van der Waals surface area contributed by atoms with E-state index in [2.05, 4.69) is 10.6 Å². The van der Waals surface area contributed by atoms with E-state index in [0.29, 0.717) is 6.04 Å². The molecule has 1 aliphatic rings. The lowest BCUT2D eigenvalue weighted by molar-refractivity contribution is -0.126. The van der Waals surface area contributed by atoms with Crippen molar-refractivity contribution >= 4 is 5.91 Å². The van der Waals surface area contributed by atoms with Crippen LogP contribution >= 0.6 is 0 Å². The maximum atomic E-state index is 11.7. The lowest BCUT2D eigenvalue weighted by Gasteiger charge is -2.25. The number of nitrogens with one attached hydrogen (secondary N) is 2. The summed E-state index contributed by atoms with van der Waals surface area (Å²) in [5.74, 6) is 0.113. The van der Waals surface area contributed by atoms with Crippen LogP contribution in [-0.4, -0.2) is 24.5 Å². The number of carbonyl (C=O) groups is 1. The zero-order chi connectivity index (χ0) is 9.90. The molecule has 1 fully saturated rings. The van der Waals surface area contributed by atoms with Gasteiger partial charge in [0.2, 0.25) is 5.91 Å². The second-order valence-electron chi connectivity index (χ2n) is 4.33. The molecule has 0 atom stereocenters. The molecule has 0 spiro atoms. The van der Waals surface area contributed by atoms with Gasteiger partial charge in [0.25, 0.3) is 0 Å². The number of carbonyl (C=O) groups excluding carboxylic acids is 1. The molecule has 13 heavy (non-hydrogen) atoms. The van der Waals surface area contributed by atoms with Gasteiger partial charge in [0.15, 0.2) is 0 Å². The van der Waals surface area contributed by atoms with Crippen LogP contribution in [0.25, 0.3) is 0 Å². The molecule has 0 radical (unpaired) electrons. The van der Waals surface area contributed by atoms with Gasteiger partial charge >= 0.3 is 0 Å². The second kappa shape index (κ2) is 4.09. The van der Waals surface area contributed by atoms with Gasteiger partial charge in [-0.2, -0.15) is 0 Å². The Balaban J connectivity index is 2.39. The first-order valence-corrected chi connectivity index (χ1v) is 5.06. The van der Waals surface area contributed by atoms with E-state index in [1.807, 2.05) is 20.9 Å². The molecule has 1 amide bonds. The standard InChI is InChI=1S/C10H20N2O/c1-10(2,11-3)9(13)12-8-6-4-5-7-8/h8,11H,4-7H2,1-3H3,(H,12,13). The molecule has 0 heterocycles. The Morgan fingerprint density at radius 3 is 2.31 bits per heavy atom. The van der Waals surface area contributed by atoms with Gasteiger partial charge in [-0.1, -0.05) is 12.8 Å². The van der Waals surface area contributed by atoms with Gasteiger partial charge in [-0.15, -0.1) is 0 Å². The molecule has 0 aliphatic heterocycles. The molecule has 0 bridgehead atoms. The summed E-state index contributed by atoms with van der Waals surface area (Å²) >= 11 is 0. The number of likely N-dealkylation sites (N-methyl/N-ethyl adjacent to an activating group) is 1. The fourth-order valence-electron chi connectivity index (χ4n) is 1.55. The average molecular weight is 184 g/mol. The van der Waals surface area contributed by atoms with E-state index in [4.69, 9.17) is 0 Å². The Hall–Kier alpha value is -0.570. The summed E-state index contributed by atoms with van der Waals surface area (Å²) in [6, 6.07) is 0.417. The predicted molar refractivity (Wildman–Crippen MR) is 53.5 cm³/mol. The van der Waals surface area contributed by atoms with Gasteiger partial charge in [0.1, 0.15) is 0 Å². The lowest BCUT2D eigenvalue weighted by Crippen LogP contribution is -2.53. The lowest BCUT2D eigenvalue weighted by atomic mass is 10.0. The molecule has 0 aromatic carbocycles. The van der Waals surface area contributed by atoms with E-state index in [0.717, 1.165) is 12.8 Å². The Kier molecular flexibility index (Phi) is 3.31. The van der Waals surface area contributed by atoms with Crippen LogP contribution in [0.3, 0.4) is 0 Å². The number of hydrogen-bond donors (Lipinski definition) is 2. The Morgan fingerprint density at radius 2 is 1.85 bits per heavy atom. The fourth-order valence-corrected chi connectivity index (χ4v) is 1.55. The van der Waals surface area contributed by atoms with Crippen LogP contribution in [0.2, 0.25) is 0 Å². The fraction of sp³-hybridized carbons (Fsp3) is 0.900. The Morgan fingerprint density at radius 1 is 1.31 bits per heavy atom. The number of hydrogen-bond acceptors (Lipinski definition) is 2. The molecule has 0 saturated heterocycles. The first-order chi connectivity index (χ1) is 6.06. The molecule has 76 valence electrons. The van der Waals surface area contributed by atoms with Crippen molar-refractivity contribution in [1.29, 1.82) is 0 Å². The van der Waals surface area contributed by atoms with Crippen molar-refractivity contribution < 1.29 is 4.79 Å². The van der Waals surface area contributed by atoms with E-state index in [1.165, 1.54) is 12.8 Å². The largest absolute Gasteiger partial charge is 0.352 e. The summed E-state index contributed by atoms with van der Waals surface area (Å²) in [6.45, 7) is 3.80. The van der Waals surface area contributed by atoms with Gasteiger partial charge < -0.3 is 10.6 Å². The van der Waals surface area contributed by atoms with Gasteiger partial charge in [-0.25, -0.2) is 0 Å². The SMILES string of the molecule is CNC(C)(C)C(=O)NC1CCCC1. The van der Waals surface area contributed by atoms with E-state index < -0.39 is 5.54 Å². The molecule has 0 aromatic heterocycles. The van der Waals surface area contributed by atoms with Crippen molar-refractivity contribution in [3.63, 3.8) is 0 Å². The molecule has 0 aromatic rings.